The van der Waals surface area contributed by atoms with Crippen LogP contribution in [0, 0.1) is 5.92 Å². The molecule has 44 heavy (non-hydrogen) atoms. The lowest BCUT2D eigenvalue weighted by Crippen LogP contribution is -2.53. The number of anilines is 1. The topological polar surface area (TPSA) is 131 Å². The van der Waals surface area contributed by atoms with Crippen LogP contribution in [0.25, 0.3) is 0 Å². The van der Waals surface area contributed by atoms with Gasteiger partial charge in [0.25, 0.3) is 0 Å². The van der Waals surface area contributed by atoms with Crippen LogP contribution < -0.4 is 15.8 Å². The molecule has 2 saturated heterocycles. The van der Waals surface area contributed by atoms with E-state index in [0.29, 0.717) is 22.6 Å². The monoisotopic (exact) mass is 589 g/mol. The predicted octanol–water partition coefficient (Wildman–Crippen LogP) is 3.81. The van der Waals surface area contributed by atoms with Crippen LogP contribution in [0.4, 0.5) is 5.69 Å². The number of esters is 1. The Balaban J connectivity index is 1.52. The van der Waals surface area contributed by atoms with Crippen molar-refractivity contribution in [2.45, 2.75) is 29.6 Å². The van der Waals surface area contributed by atoms with E-state index in [0.717, 1.165) is 11.1 Å². The molecule has 222 valence electrons. The summed E-state index contributed by atoms with van der Waals surface area (Å²) >= 11 is 0. The van der Waals surface area contributed by atoms with Crippen LogP contribution in [0.3, 0.4) is 0 Å². The number of aliphatic hydroxyl groups is 1. The first kappa shape index (κ1) is 27.8. The molecule has 2 fully saturated rings. The molecule has 2 amide bonds. The molecule has 4 aromatic rings. The molecule has 7 rings (SSSR count). The Kier molecular flexibility index (Phi) is 6.91. The SMILES string of the molecule is NC(=O)[C@H]1[C@@H]2C(=O)O[C@@H](c3ccccc3)[C@@H](c3ccccc3)N2[C@@H](c2ccc(OCCO)cc2)[C@]12C(=O)Nc1ccccc12. The quantitative estimate of drug-likeness (QED) is 0.280. The summed E-state index contributed by atoms with van der Waals surface area (Å²) in [6, 6.07) is 31.1. The number of para-hydroxylation sites is 1. The van der Waals surface area contributed by atoms with E-state index in [1.807, 2.05) is 95.9 Å². The molecule has 0 aliphatic carbocycles. The van der Waals surface area contributed by atoms with Crippen molar-refractivity contribution >= 4 is 23.5 Å². The zero-order valence-electron chi connectivity index (χ0n) is 23.7. The maximum atomic E-state index is 14.5. The van der Waals surface area contributed by atoms with Gasteiger partial charge in [-0.25, -0.2) is 0 Å². The summed E-state index contributed by atoms with van der Waals surface area (Å²) in [5.41, 5.74) is 8.16. The maximum absolute atomic E-state index is 14.5. The minimum atomic E-state index is -1.54. The fourth-order valence-electron chi connectivity index (χ4n) is 7.49. The summed E-state index contributed by atoms with van der Waals surface area (Å²) < 4.78 is 11.9. The second kappa shape index (κ2) is 10.9. The lowest BCUT2D eigenvalue weighted by molar-refractivity contribution is -0.178. The highest BCUT2D eigenvalue weighted by Gasteiger charge is 2.73. The number of amides is 2. The Morgan fingerprint density at radius 1 is 0.841 bits per heavy atom. The molecule has 9 heteroatoms. The van der Waals surface area contributed by atoms with E-state index in [1.165, 1.54) is 0 Å². The molecule has 1 spiro atoms. The number of carbonyl (C=O) groups is 3. The fraction of sp³-hybridized carbons (Fsp3) is 0.229. The Morgan fingerprint density at radius 2 is 1.48 bits per heavy atom. The lowest BCUT2D eigenvalue weighted by Gasteiger charge is -2.46. The van der Waals surface area contributed by atoms with Gasteiger partial charge in [0.2, 0.25) is 11.8 Å². The van der Waals surface area contributed by atoms with Gasteiger partial charge in [-0.2, -0.15) is 0 Å². The van der Waals surface area contributed by atoms with Gasteiger partial charge in [0.15, 0.2) is 0 Å². The smallest absolute Gasteiger partial charge is 0.324 e. The zero-order chi connectivity index (χ0) is 30.4. The van der Waals surface area contributed by atoms with Crippen molar-refractivity contribution in [3.8, 4) is 5.75 Å². The van der Waals surface area contributed by atoms with Crippen molar-refractivity contribution in [1.82, 2.24) is 4.90 Å². The van der Waals surface area contributed by atoms with Crippen LogP contribution in [0.1, 0.15) is 40.4 Å². The second-order valence-corrected chi connectivity index (χ2v) is 11.3. The Bertz CT molecular complexity index is 1710. The summed E-state index contributed by atoms with van der Waals surface area (Å²) in [5.74, 6) is -2.49. The number of cyclic esters (lactones) is 1. The highest BCUT2D eigenvalue weighted by molar-refractivity contribution is 6.11. The second-order valence-electron chi connectivity index (χ2n) is 11.3. The minimum absolute atomic E-state index is 0.126. The molecule has 0 radical (unpaired) electrons. The highest BCUT2D eigenvalue weighted by atomic mass is 16.6. The molecule has 0 aromatic heterocycles. The van der Waals surface area contributed by atoms with E-state index in [2.05, 4.69) is 5.32 Å². The third-order valence-electron chi connectivity index (χ3n) is 9.08. The summed E-state index contributed by atoms with van der Waals surface area (Å²) in [4.78, 5) is 44.3. The highest BCUT2D eigenvalue weighted by Crippen LogP contribution is 2.64. The normalized spacial score (nSPS) is 27.3. The average Bonchev–Trinajstić information content (AvgIpc) is 3.53. The molecule has 6 atom stereocenters. The van der Waals surface area contributed by atoms with Crippen molar-refractivity contribution in [3.63, 3.8) is 0 Å². The number of nitrogens with zero attached hydrogens (tertiary/aromatic N) is 1. The van der Waals surface area contributed by atoms with Gasteiger partial charge in [0, 0.05) is 5.69 Å². The minimum Gasteiger partial charge on any atom is -0.491 e. The first-order chi connectivity index (χ1) is 21.5. The Hall–Kier alpha value is -4.99. The molecular weight excluding hydrogens is 558 g/mol. The van der Waals surface area contributed by atoms with E-state index in [4.69, 9.17) is 15.2 Å². The van der Waals surface area contributed by atoms with Crippen LogP contribution in [0.5, 0.6) is 5.75 Å². The Morgan fingerprint density at radius 3 is 2.14 bits per heavy atom. The number of aliphatic hydroxyl groups excluding tert-OH is 1. The van der Waals surface area contributed by atoms with Gasteiger partial charge in [-0.05, 0) is 40.5 Å². The van der Waals surface area contributed by atoms with Gasteiger partial charge in [-0.15, -0.1) is 0 Å². The van der Waals surface area contributed by atoms with Gasteiger partial charge in [-0.1, -0.05) is 91.0 Å². The van der Waals surface area contributed by atoms with Crippen LogP contribution in [0.15, 0.2) is 109 Å². The van der Waals surface area contributed by atoms with Crippen molar-refractivity contribution in [2.75, 3.05) is 18.5 Å². The summed E-state index contributed by atoms with van der Waals surface area (Å²) in [6.45, 7) is -0.0109. The van der Waals surface area contributed by atoms with E-state index in [1.54, 1.807) is 18.2 Å². The largest absolute Gasteiger partial charge is 0.491 e. The number of carbonyl (C=O) groups excluding carboxylic acids is 3. The average molecular weight is 590 g/mol. The third-order valence-corrected chi connectivity index (χ3v) is 9.08. The molecule has 0 bridgehead atoms. The number of benzene rings is 4. The molecule has 0 saturated carbocycles. The standard InChI is InChI=1S/C35H31N3O6/c36-32(40)27-29-33(41)44-30(22-11-5-2-6-12-22)28(21-9-3-1-4-10-21)38(29)31(23-15-17-24(18-16-23)43-20-19-39)35(27)25-13-7-8-14-26(25)37-34(35)42/h1-18,27-31,39H,19-20H2,(H2,36,40)(H,37,42)/t27-,28-,29-,30+,31+,35-/m1/s1. The molecule has 3 aliphatic heterocycles. The molecule has 4 N–H and O–H groups in total. The van der Waals surface area contributed by atoms with Crippen LogP contribution in [-0.2, 0) is 24.5 Å². The number of nitrogens with two attached hydrogens (primary N) is 1. The first-order valence-electron chi connectivity index (χ1n) is 14.6. The summed E-state index contributed by atoms with van der Waals surface area (Å²) in [6.07, 6.45) is -0.736. The molecule has 4 aromatic carbocycles. The predicted molar refractivity (Wildman–Crippen MR) is 161 cm³/mol. The van der Waals surface area contributed by atoms with Crippen molar-refractivity contribution in [3.05, 3.63) is 131 Å². The van der Waals surface area contributed by atoms with Crippen molar-refractivity contribution in [1.29, 1.82) is 0 Å². The number of hydrogen-bond donors (Lipinski definition) is 3. The van der Waals surface area contributed by atoms with Gasteiger partial charge >= 0.3 is 5.97 Å². The van der Waals surface area contributed by atoms with E-state index >= 15 is 0 Å². The summed E-state index contributed by atoms with van der Waals surface area (Å²) in [7, 11) is 0. The first-order valence-corrected chi connectivity index (χ1v) is 14.6. The number of morpholine rings is 1. The molecule has 0 unspecified atom stereocenters. The molecule has 3 heterocycles. The van der Waals surface area contributed by atoms with Gasteiger partial charge in [0.05, 0.1) is 24.6 Å². The lowest BCUT2D eigenvalue weighted by atomic mass is 9.65. The molecular formula is C35H31N3O6. The molecule has 9 nitrogen and oxygen atoms in total. The summed E-state index contributed by atoms with van der Waals surface area (Å²) in [5, 5.41) is 12.2. The van der Waals surface area contributed by atoms with Gasteiger partial charge < -0.3 is 25.6 Å². The Labute approximate surface area is 254 Å². The van der Waals surface area contributed by atoms with E-state index in [9.17, 15) is 19.5 Å². The van der Waals surface area contributed by atoms with E-state index < -0.39 is 53.3 Å². The number of rotatable bonds is 7. The zero-order valence-corrected chi connectivity index (χ0v) is 23.7. The van der Waals surface area contributed by atoms with E-state index in [-0.39, 0.29) is 13.2 Å². The number of hydrogen-bond acceptors (Lipinski definition) is 7. The number of nitrogens with one attached hydrogen (secondary N) is 1. The maximum Gasteiger partial charge on any atom is 0.324 e. The molecule has 3 aliphatic rings. The van der Waals surface area contributed by atoms with Gasteiger partial charge in [-0.3, -0.25) is 19.3 Å². The van der Waals surface area contributed by atoms with Crippen LogP contribution >= 0.6 is 0 Å². The van der Waals surface area contributed by atoms with Crippen LogP contribution in [-0.4, -0.2) is 47.0 Å². The van der Waals surface area contributed by atoms with Gasteiger partial charge in [0.1, 0.15) is 29.9 Å². The fourth-order valence-corrected chi connectivity index (χ4v) is 7.49. The van der Waals surface area contributed by atoms with Crippen molar-refractivity contribution in [2.24, 2.45) is 11.7 Å². The number of fused-ring (bicyclic) bond motifs is 3. The number of ether oxygens (including phenoxy) is 2. The third kappa shape index (κ3) is 4.11. The number of primary amides is 1. The van der Waals surface area contributed by atoms with Crippen molar-refractivity contribution < 1.29 is 29.0 Å². The van der Waals surface area contributed by atoms with Crippen LogP contribution in [0.2, 0.25) is 0 Å².